The van der Waals surface area contributed by atoms with Crippen LogP contribution >= 0.6 is 0 Å². The van der Waals surface area contributed by atoms with Gasteiger partial charge in [-0.3, -0.25) is 0 Å². The summed E-state index contributed by atoms with van der Waals surface area (Å²) in [5.74, 6) is 0. The topological polar surface area (TPSA) is 0 Å². The molecule has 0 unspecified atom stereocenters. The molecule has 0 radical (unpaired) electrons. The summed E-state index contributed by atoms with van der Waals surface area (Å²) in [5.41, 5.74) is 0.500. The standard InChI is InChI=1S/C5H12.6C3H8.2C3H6.4C2H6/c1-5(2,3)4;8*1-3-2;4*1-2/h1-4H3;6*3H2,1-2H3;2*3H,1H2,2H3;4*1-2H3. The van der Waals surface area contributed by atoms with Gasteiger partial charge in [-0.25, -0.2) is 0 Å². The molecule has 0 aromatic rings. The Morgan fingerprint density at radius 1 is 0.351 bits per heavy atom. The summed E-state index contributed by atoms with van der Waals surface area (Å²) >= 11 is 0. The van der Waals surface area contributed by atoms with Gasteiger partial charge in [0, 0.05) is 0 Å². The Bertz CT molecular complexity index is 109. The van der Waals surface area contributed by atoms with Crippen molar-refractivity contribution in [2.24, 2.45) is 5.41 Å². The fraction of sp³-hybridized carbons (Fsp3) is 0.892. The summed E-state index contributed by atoms with van der Waals surface area (Å²) in [4.78, 5) is 0. The fourth-order valence-electron chi connectivity index (χ4n) is 0. The van der Waals surface area contributed by atoms with Gasteiger partial charge in [-0.2, -0.15) is 0 Å². The normalized spacial score (nSPS) is 5.89. The number of rotatable bonds is 0. The maximum Gasteiger partial charge on any atom is -0.0411 e. The maximum atomic E-state index is 3.36. The highest BCUT2D eigenvalue weighted by atomic mass is 14.0. The molecule has 0 spiro atoms. The first-order valence-electron chi connectivity index (χ1n) is 16.5. The van der Waals surface area contributed by atoms with Crippen LogP contribution in [-0.4, -0.2) is 0 Å². The van der Waals surface area contributed by atoms with E-state index in [0.29, 0.717) is 5.41 Å². The second-order valence-corrected chi connectivity index (χ2v) is 8.06. The molecule has 0 aliphatic rings. The van der Waals surface area contributed by atoms with E-state index in [4.69, 9.17) is 0 Å². The molecule has 0 atom stereocenters. The highest BCUT2D eigenvalue weighted by molar-refractivity contribution is 4.52. The van der Waals surface area contributed by atoms with Crippen LogP contribution in [0.2, 0.25) is 0 Å². The zero-order valence-electron chi connectivity index (χ0n) is 33.3. The molecular weight excluding hydrogens is 444 g/mol. The minimum Gasteiger partial charge on any atom is -0.103 e. The van der Waals surface area contributed by atoms with E-state index in [2.05, 4.69) is 124 Å². The molecule has 0 N–H and O–H groups in total. The summed E-state index contributed by atoms with van der Waals surface area (Å²) in [6, 6.07) is 0. The Hall–Kier alpha value is -0.520. The average Bonchev–Trinajstić information content (AvgIpc) is 2.82. The third-order valence-corrected chi connectivity index (χ3v) is 0. The van der Waals surface area contributed by atoms with Gasteiger partial charge in [-0.15, -0.1) is 13.2 Å². The van der Waals surface area contributed by atoms with E-state index in [1.807, 2.05) is 69.2 Å². The lowest BCUT2D eigenvalue weighted by molar-refractivity contribution is 0.469. The molecule has 0 saturated carbocycles. The minimum absolute atomic E-state index is 0.500. The summed E-state index contributed by atoms with van der Waals surface area (Å²) in [5, 5.41) is 0. The summed E-state index contributed by atoms with van der Waals surface area (Å²) in [7, 11) is 0. The molecule has 37 heavy (non-hydrogen) atoms. The van der Waals surface area contributed by atoms with Crippen LogP contribution in [0.1, 0.15) is 219 Å². The predicted octanol–water partition coefficient (Wildman–Crippen LogP) is 17.0. The van der Waals surface area contributed by atoms with Gasteiger partial charge in [0.05, 0.1) is 0 Å². The molecule has 0 rings (SSSR count). The van der Waals surface area contributed by atoms with Gasteiger partial charge in [0.1, 0.15) is 0 Å². The van der Waals surface area contributed by atoms with Crippen molar-refractivity contribution in [3.05, 3.63) is 25.3 Å². The van der Waals surface area contributed by atoms with Crippen LogP contribution in [0.3, 0.4) is 0 Å². The van der Waals surface area contributed by atoms with Crippen LogP contribution in [0.25, 0.3) is 0 Å². The summed E-state index contributed by atoms with van der Waals surface area (Å²) in [6.45, 7) is 60.8. The molecule has 0 aliphatic carbocycles. The first-order chi connectivity index (χ1) is 17.3. The van der Waals surface area contributed by atoms with E-state index in [-0.39, 0.29) is 0 Å². The van der Waals surface area contributed by atoms with Gasteiger partial charge in [0.2, 0.25) is 0 Å². The summed E-state index contributed by atoms with van der Waals surface area (Å²) in [6.07, 6.45) is 11.0. The van der Waals surface area contributed by atoms with Gasteiger partial charge < -0.3 is 0 Å². The van der Waals surface area contributed by atoms with Gasteiger partial charge in [-0.05, 0) is 19.3 Å². The average molecular weight is 541 g/mol. The molecule has 0 heterocycles. The Kier molecular flexibility index (Phi) is 523. The van der Waals surface area contributed by atoms with Crippen molar-refractivity contribution in [3.8, 4) is 0 Å². The molecule has 0 aromatic carbocycles. The molecule has 0 fully saturated rings. The molecule has 0 amide bonds. The second kappa shape index (κ2) is 232. The third kappa shape index (κ3) is 147000. The maximum absolute atomic E-state index is 3.36. The molecule has 0 heteroatoms. The Morgan fingerprint density at radius 2 is 0.351 bits per heavy atom. The molecule has 244 valence electrons. The molecular formula is C37H96. The molecule has 0 bridgehead atoms. The van der Waals surface area contributed by atoms with E-state index in [1.54, 1.807) is 12.2 Å². The van der Waals surface area contributed by atoms with Crippen molar-refractivity contribution < 1.29 is 0 Å². The zero-order chi connectivity index (χ0) is 34.2. The minimum atomic E-state index is 0.500. The zero-order valence-corrected chi connectivity index (χ0v) is 33.3. The lowest BCUT2D eigenvalue weighted by Gasteiger charge is -2.05. The van der Waals surface area contributed by atoms with Gasteiger partial charge in [0.15, 0.2) is 0 Å². The molecule has 0 aliphatic heterocycles. The molecule has 0 aromatic heterocycles. The van der Waals surface area contributed by atoms with Crippen LogP contribution < -0.4 is 0 Å². The van der Waals surface area contributed by atoms with Crippen molar-refractivity contribution in [1.29, 1.82) is 0 Å². The Labute approximate surface area is 249 Å². The number of hydrogen-bond donors (Lipinski definition) is 0. The molecule has 0 saturated heterocycles. The molecule has 0 nitrogen and oxygen atoms in total. The van der Waals surface area contributed by atoms with Crippen LogP contribution in [0.4, 0.5) is 0 Å². The van der Waals surface area contributed by atoms with Crippen LogP contribution in [0, 0.1) is 5.41 Å². The van der Waals surface area contributed by atoms with Crippen molar-refractivity contribution in [1.82, 2.24) is 0 Å². The Balaban J connectivity index is -0.0000000155. The quantitative estimate of drug-likeness (QED) is 0.268. The third-order valence-electron chi connectivity index (χ3n) is 0. The van der Waals surface area contributed by atoms with E-state index < -0.39 is 0 Å². The number of allylic oxidation sites excluding steroid dienone is 2. The van der Waals surface area contributed by atoms with Crippen molar-refractivity contribution in [2.45, 2.75) is 219 Å². The largest absolute Gasteiger partial charge is 0.103 e. The monoisotopic (exact) mass is 541 g/mol. The van der Waals surface area contributed by atoms with Gasteiger partial charge >= 0.3 is 0 Å². The van der Waals surface area contributed by atoms with E-state index in [1.165, 1.54) is 38.5 Å². The van der Waals surface area contributed by atoms with Crippen LogP contribution in [-0.2, 0) is 0 Å². The van der Waals surface area contributed by atoms with Crippen molar-refractivity contribution >= 4 is 0 Å². The predicted molar refractivity (Wildman–Crippen MR) is 198 cm³/mol. The van der Waals surface area contributed by atoms with E-state index in [0.717, 1.165) is 0 Å². The van der Waals surface area contributed by atoms with Gasteiger partial charge in [-0.1, -0.05) is 217 Å². The Morgan fingerprint density at radius 3 is 0.351 bits per heavy atom. The van der Waals surface area contributed by atoms with Crippen molar-refractivity contribution in [3.63, 3.8) is 0 Å². The fourth-order valence-corrected chi connectivity index (χ4v) is 0. The first kappa shape index (κ1) is 83.3. The van der Waals surface area contributed by atoms with E-state index in [9.17, 15) is 0 Å². The lowest BCUT2D eigenvalue weighted by Crippen LogP contribution is -1.93. The lowest BCUT2D eigenvalue weighted by atomic mass is 10.0. The van der Waals surface area contributed by atoms with Gasteiger partial charge in [0.25, 0.3) is 0 Å². The smallest absolute Gasteiger partial charge is 0.0411 e. The second-order valence-electron chi connectivity index (χ2n) is 8.06. The highest BCUT2D eigenvalue weighted by Gasteiger charge is 1.95. The highest BCUT2D eigenvalue weighted by Crippen LogP contribution is 2.08. The van der Waals surface area contributed by atoms with Crippen LogP contribution in [0.15, 0.2) is 25.3 Å². The van der Waals surface area contributed by atoms with E-state index >= 15 is 0 Å². The first-order valence-corrected chi connectivity index (χ1v) is 16.5. The van der Waals surface area contributed by atoms with Crippen LogP contribution in [0.5, 0.6) is 0 Å². The summed E-state index contributed by atoms with van der Waals surface area (Å²) < 4.78 is 0. The SMILES string of the molecule is C=CC.C=CC.CC.CC.CC.CC.CC(C)(C)C.CCC.CCC.CCC.CCC.CCC.CCC. The van der Waals surface area contributed by atoms with Crippen molar-refractivity contribution in [2.75, 3.05) is 0 Å². The number of hydrogen-bond acceptors (Lipinski definition) is 0.